The second kappa shape index (κ2) is 7.61. The molecule has 0 aliphatic carbocycles. The van der Waals surface area contributed by atoms with E-state index in [1.807, 2.05) is 24.4 Å². The summed E-state index contributed by atoms with van der Waals surface area (Å²) in [7, 11) is 0. The van der Waals surface area contributed by atoms with Crippen molar-refractivity contribution >= 4 is 17.2 Å². The highest BCUT2D eigenvalue weighted by atomic mass is 32.1. The number of aryl methyl sites for hydroxylation is 2. The maximum Gasteiger partial charge on any atom is 0.259 e. The van der Waals surface area contributed by atoms with E-state index in [1.54, 1.807) is 23.2 Å². The van der Waals surface area contributed by atoms with E-state index < -0.39 is 6.10 Å². The first-order valence-corrected chi connectivity index (χ1v) is 9.74. The third-order valence-corrected chi connectivity index (χ3v) is 5.37. The molecule has 0 N–H and O–H groups in total. The molecule has 0 unspecified atom stereocenters. The van der Waals surface area contributed by atoms with Crippen LogP contribution in [-0.2, 0) is 17.6 Å². The first-order chi connectivity index (χ1) is 13.2. The third-order valence-electron chi connectivity index (χ3n) is 4.49. The zero-order chi connectivity index (χ0) is 18.8. The summed E-state index contributed by atoms with van der Waals surface area (Å²) in [6.45, 7) is 4.98. The Bertz CT molecular complexity index is 918. The van der Waals surface area contributed by atoms with Crippen molar-refractivity contribution in [3.05, 3.63) is 51.1 Å². The summed E-state index contributed by atoms with van der Waals surface area (Å²) in [6, 6.07) is 4.02. The lowest BCUT2D eigenvalue weighted by Crippen LogP contribution is -2.42. The van der Waals surface area contributed by atoms with Crippen molar-refractivity contribution in [2.75, 3.05) is 19.7 Å². The van der Waals surface area contributed by atoms with Crippen LogP contribution in [0.2, 0.25) is 0 Å². The predicted molar refractivity (Wildman–Crippen MR) is 96.6 cm³/mol. The molecule has 1 fully saturated rings. The number of nitrogens with zero attached hydrogens (tertiary/aromatic N) is 4. The Hall–Kier alpha value is -2.52. The second-order valence-electron chi connectivity index (χ2n) is 6.34. The summed E-state index contributed by atoms with van der Waals surface area (Å²) in [5, 5.41) is 9.98. The smallest absolute Gasteiger partial charge is 0.259 e. The summed E-state index contributed by atoms with van der Waals surface area (Å²) < 4.78 is 16.4. The van der Waals surface area contributed by atoms with Gasteiger partial charge in [0.05, 0.1) is 18.8 Å². The van der Waals surface area contributed by atoms with Gasteiger partial charge in [0, 0.05) is 24.3 Å². The molecule has 3 aromatic rings. The van der Waals surface area contributed by atoms with E-state index in [4.69, 9.17) is 13.8 Å². The van der Waals surface area contributed by atoms with Crippen LogP contribution in [0.25, 0.3) is 0 Å². The van der Waals surface area contributed by atoms with E-state index >= 15 is 0 Å². The molecule has 4 heterocycles. The molecule has 0 spiro atoms. The number of rotatable bonds is 5. The van der Waals surface area contributed by atoms with Crippen LogP contribution in [0.15, 0.2) is 26.6 Å². The molecule has 0 aromatic carbocycles. The molecular weight excluding hydrogens is 368 g/mol. The molecule has 1 aliphatic heterocycles. The van der Waals surface area contributed by atoms with E-state index in [0.717, 1.165) is 0 Å². The molecule has 0 bridgehead atoms. The van der Waals surface area contributed by atoms with Gasteiger partial charge in [0.1, 0.15) is 11.3 Å². The zero-order valence-electron chi connectivity index (χ0n) is 15.2. The normalized spacial score (nSPS) is 17.4. The quantitative estimate of drug-likeness (QED) is 0.663. The number of carbonyl (C=O) groups excluding carboxylic acids is 1. The molecule has 3 aromatic heterocycles. The van der Waals surface area contributed by atoms with Crippen LogP contribution in [0.1, 0.15) is 51.4 Å². The van der Waals surface area contributed by atoms with Crippen LogP contribution in [0.3, 0.4) is 0 Å². The molecular formula is C18H20N4O4S. The minimum absolute atomic E-state index is 0.0998. The molecule has 142 valence electrons. The van der Waals surface area contributed by atoms with Gasteiger partial charge in [0.2, 0.25) is 0 Å². The SMILES string of the molecule is CCc1onc(C)c1C(=O)N1CCO[C@H](c2nc(Cc3cccs3)no2)C1. The Morgan fingerprint density at radius 2 is 2.26 bits per heavy atom. The van der Waals surface area contributed by atoms with Crippen LogP contribution >= 0.6 is 11.3 Å². The Balaban J connectivity index is 1.47. The Morgan fingerprint density at radius 1 is 1.37 bits per heavy atom. The fourth-order valence-corrected chi connectivity index (χ4v) is 3.81. The first-order valence-electron chi connectivity index (χ1n) is 8.86. The molecule has 1 saturated heterocycles. The summed E-state index contributed by atoms with van der Waals surface area (Å²) in [4.78, 5) is 20.3. The van der Waals surface area contributed by atoms with Gasteiger partial charge in [-0.05, 0) is 18.4 Å². The molecule has 1 atom stereocenters. The maximum absolute atomic E-state index is 13.0. The second-order valence-corrected chi connectivity index (χ2v) is 7.37. The van der Waals surface area contributed by atoms with E-state index in [0.29, 0.717) is 61.3 Å². The lowest BCUT2D eigenvalue weighted by molar-refractivity contribution is -0.0368. The number of carbonyl (C=O) groups is 1. The predicted octanol–water partition coefficient (Wildman–Crippen LogP) is 2.79. The van der Waals surface area contributed by atoms with Crippen molar-refractivity contribution < 1.29 is 18.6 Å². The fraction of sp³-hybridized carbons (Fsp3) is 0.444. The average Bonchev–Trinajstić information content (AvgIpc) is 3.43. The van der Waals surface area contributed by atoms with Crippen LogP contribution in [0.5, 0.6) is 0 Å². The third kappa shape index (κ3) is 3.65. The van der Waals surface area contributed by atoms with Crippen molar-refractivity contribution in [1.82, 2.24) is 20.2 Å². The van der Waals surface area contributed by atoms with Crippen molar-refractivity contribution in [3.8, 4) is 0 Å². The Kier molecular flexibility index (Phi) is 5.04. The molecule has 4 rings (SSSR count). The van der Waals surface area contributed by atoms with Crippen molar-refractivity contribution in [3.63, 3.8) is 0 Å². The molecule has 0 radical (unpaired) electrons. The summed E-state index contributed by atoms with van der Waals surface area (Å²) in [6.07, 6.45) is 0.805. The van der Waals surface area contributed by atoms with Crippen molar-refractivity contribution in [1.29, 1.82) is 0 Å². The van der Waals surface area contributed by atoms with Gasteiger partial charge in [0.25, 0.3) is 11.8 Å². The standard InChI is InChI=1S/C18H20N4O4S/c1-3-13-16(11(2)20-25-13)18(23)22-6-7-24-14(10-22)17-19-15(21-26-17)9-12-5-4-8-27-12/h4-5,8,14H,3,6-7,9-10H2,1-2H3/t14-/m0/s1. The van der Waals surface area contributed by atoms with Crippen LogP contribution in [0.4, 0.5) is 0 Å². The van der Waals surface area contributed by atoms with Gasteiger partial charge in [-0.1, -0.05) is 23.3 Å². The first kappa shape index (κ1) is 17.9. The van der Waals surface area contributed by atoms with Crippen LogP contribution in [0, 0.1) is 6.92 Å². The van der Waals surface area contributed by atoms with Gasteiger partial charge < -0.3 is 18.7 Å². The van der Waals surface area contributed by atoms with Gasteiger partial charge >= 0.3 is 0 Å². The zero-order valence-corrected chi connectivity index (χ0v) is 16.0. The van der Waals surface area contributed by atoms with Crippen molar-refractivity contribution in [2.45, 2.75) is 32.8 Å². The summed E-state index contributed by atoms with van der Waals surface area (Å²) in [5.41, 5.74) is 1.15. The molecule has 9 heteroatoms. The summed E-state index contributed by atoms with van der Waals surface area (Å²) in [5.74, 6) is 1.52. The molecule has 1 amide bonds. The van der Waals surface area contributed by atoms with Gasteiger partial charge in [-0.2, -0.15) is 4.98 Å². The minimum atomic E-state index is -0.433. The van der Waals surface area contributed by atoms with Crippen molar-refractivity contribution in [2.24, 2.45) is 0 Å². The fourth-order valence-electron chi connectivity index (χ4n) is 3.11. The van der Waals surface area contributed by atoms with Gasteiger partial charge in [0.15, 0.2) is 11.9 Å². The van der Waals surface area contributed by atoms with E-state index in [-0.39, 0.29) is 5.91 Å². The number of ether oxygens (including phenoxy) is 1. The highest BCUT2D eigenvalue weighted by Crippen LogP contribution is 2.25. The number of amides is 1. The lowest BCUT2D eigenvalue weighted by atomic mass is 10.1. The highest BCUT2D eigenvalue weighted by molar-refractivity contribution is 7.09. The van der Waals surface area contributed by atoms with Gasteiger partial charge in [-0.3, -0.25) is 4.79 Å². The van der Waals surface area contributed by atoms with E-state index in [9.17, 15) is 4.79 Å². The number of aromatic nitrogens is 3. The van der Waals surface area contributed by atoms with Gasteiger partial charge in [-0.25, -0.2) is 0 Å². The summed E-state index contributed by atoms with van der Waals surface area (Å²) >= 11 is 1.65. The number of thiophene rings is 1. The maximum atomic E-state index is 13.0. The lowest BCUT2D eigenvalue weighted by Gasteiger charge is -2.31. The largest absolute Gasteiger partial charge is 0.365 e. The Labute approximate surface area is 160 Å². The van der Waals surface area contributed by atoms with Gasteiger partial charge in [-0.15, -0.1) is 11.3 Å². The van der Waals surface area contributed by atoms with E-state index in [2.05, 4.69) is 15.3 Å². The molecule has 27 heavy (non-hydrogen) atoms. The number of hydrogen-bond donors (Lipinski definition) is 0. The number of morpholine rings is 1. The Morgan fingerprint density at radius 3 is 3.04 bits per heavy atom. The number of hydrogen-bond acceptors (Lipinski definition) is 8. The van der Waals surface area contributed by atoms with Crippen LogP contribution in [-0.4, -0.2) is 45.8 Å². The average molecular weight is 388 g/mol. The van der Waals surface area contributed by atoms with E-state index in [1.165, 1.54) is 4.88 Å². The van der Waals surface area contributed by atoms with Crippen LogP contribution < -0.4 is 0 Å². The molecule has 0 saturated carbocycles. The minimum Gasteiger partial charge on any atom is -0.365 e. The molecule has 8 nitrogen and oxygen atoms in total. The topological polar surface area (TPSA) is 94.5 Å². The highest BCUT2D eigenvalue weighted by Gasteiger charge is 2.32. The molecule has 1 aliphatic rings. The monoisotopic (exact) mass is 388 g/mol.